The fourth-order valence-corrected chi connectivity index (χ4v) is 2.80. The van der Waals surface area contributed by atoms with Gasteiger partial charge in [-0.2, -0.15) is 0 Å². The Morgan fingerprint density at radius 1 is 1.33 bits per heavy atom. The number of amides is 3. The van der Waals surface area contributed by atoms with Gasteiger partial charge in [0.25, 0.3) is 0 Å². The van der Waals surface area contributed by atoms with E-state index in [0.29, 0.717) is 18.0 Å². The van der Waals surface area contributed by atoms with Crippen molar-refractivity contribution in [1.29, 1.82) is 0 Å². The third-order valence-corrected chi connectivity index (χ3v) is 4.20. The molecular formula is C16H21N3O2. The summed E-state index contributed by atoms with van der Waals surface area (Å²) in [7, 11) is 0. The van der Waals surface area contributed by atoms with Crippen molar-refractivity contribution < 1.29 is 9.59 Å². The SMILES string of the molecule is CC(NC(=O)Nc1ccccc1N1CCCC1=O)C1CC1. The van der Waals surface area contributed by atoms with Gasteiger partial charge in [0, 0.05) is 19.0 Å². The number of hydrogen-bond donors (Lipinski definition) is 2. The zero-order chi connectivity index (χ0) is 14.8. The summed E-state index contributed by atoms with van der Waals surface area (Å²) in [6.45, 7) is 2.75. The molecule has 1 aliphatic heterocycles. The first-order valence-electron chi connectivity index (χ1n) is 7.62. The molecule has 1 aliphatic carbocycles. The number of hydrogen-bond acceptors (Lipinski definition) is 2. The predicted octanol–water partition coefficient (Wildman–Crippen LogP) is 2.73. The van der Waals surface area contributed by atoms with Gasteiger partial charge in [0.2, 0.25) is 5.91 Å². The first-order chi connectivity index (χ1) is 10.1. The Morgan fingerprint density at radius 3 is 2.76 bits per heavy atom. The van der Waals surface area contributed by atoms with Gasteiger partial charge in [0.05, 0.1) is 11.4 Å². The number of benzene rings is 1. The predicted molar refractivity (Wildman–Crippen MR) is 82.4 cm³/mol. The second-order valence-electron chi connectivity index (χ2n) is 5.89. The van der Waals surface area contributed by atoms with Crippen molar-refractivity contribution >= 4 is 23.3 Å². The van der Waals surface area contributed by atoms with Gasteiger partial charge in [-0.1, -0.05) is 12.1 Å². The van der Waals surface area contributed by atoms with Crippen LogP contribution >= 0.6 is 0 Å². The second-order valence-corrected chi connectivity index (χ2v) is 5.89. The number of anilines is 2. The maximum absolute atomic E-state index is 12.1. The Hall–Kier alpha value is -2.04. The molecule has 5 nitrogen and oxygen atoms in total. The topological polar surface area (TPSA) is 61.4 Å². The van der Waals surface area contributed by atoms with Crippen molar-refractivity contribution in [2.24, 2.45) is 5.92 Å². The minimum Gasteiger partial charge on any atom is -0.335 e. The molecule has 1 saturated heterocycles. The molecule has 1 heterocycles. The Bertz CT molecular complexity index is 554. The smallest absolute Gasteiger partial charge is 0.319 e. The van der Waals surface area contributed by atoms with E-state index in [4.69, 9.17) is 0 Å². The fraction of sp³-hybridized carbons (Fsp3) is 0.500. The highest BCUT2D eigenvalue weighted by Crippen LogP contribution is 2.32. The highest BCUT2D eigenvalue weighted by molar-refractivity contribution is 6.01. The van der Waals surface area contributed by atoms with Crippen LogP contribution in [0, 0.1) is 5.92 Å². The molecule has 2 aliphatic rings. The van der Waals surface area contributed by atoms with Crippen molar-refractivity contribution in [2.75, 3.05) is 16.8 Å². The van der Waals surface area contributed by atoms with Crippen LogP contribution in [0.15, 0.2) is 24.3 Å². The minimum absolute atomic E-state index is 0.121. The summed E-state index contributed by atoms with van der Waals surface area (Å²) >= 11 is 0. The van der Waals surface area contributed by atoms with Gasteiger partial charge in [0.15, 0.2) is 0 Å². The van der Waals surface area contributed by atoms with Crippen LogP contribution in [0.2, 0.25) is 0 Å². The molecule has 1 aromatic rings. The highest BCUT2D eigenvalue weighted by atomic mass is 16.2. The van der Waals surface area contributed by atoms with Crippen LogP contribution in [0.5, 0.6) is 0 Å². The lowest BCUT2D eigenvalue weighted by Crippen LogP contribution is -2.37. The minimum atomic E-state index is -0.200. The van der Waals surface area contributed by atoms with Gasteiger partial charge < -0.3 is 15.5 Å². The summed E-state index contributed by atoms with van der Waals surface area (Å²) in [6, 6.07) is 7.46. The molecule has 0 aromatic heterocycles. The molecule has 3 amide bonds. The first kappa shape index (κ1) is 13.9. The molecular weight excluding hydrogens is 266 g/mol. The fourth-order valence-electron chi connectivity index (χ4n) is 2.80. The van der Waals surface area contributed by atoms with Crippen LogP contribution in [0.25, 0.3) is 0 Å². The molecule has 0 spiro atoms. The Balaban J connectivity index is 1.69. The standard InChI is InChI=1S/C16H21N3O2/c1-11(12-8-9-12)17-16(21)18-13-5-2-3-6-14(13)19-10-4-7-15(19)20/h2-3,5-6,11-12H,4,7-10H2,1H3,(H2,17,18,21). The molecule has 3 rings (SSSR count). The van der Waals surface area contributed by atoms with Crippen molar-refractivity contribution in [3.05, 3.63) is 24.3 Å². The lowest BCUT2D eigenvalue weighted by Gasteiger charge is -2.21. The largest absolute Gasteiger partial charge is 0.335 e. The number of nitrogens with zero attached hydrogens (tertiary/aromatic N) is 1. The number of nitrogens with one attached hydrogen (secondary N) is 2. The Kier molecular flexibility index (Phi) is 3.82. The van der Waals surface area contributed by atoms with Gasteiger partial charge in [-0.3, -0.25) is 4.79 Å². The van der Waals surface area contributed by atoms with E-state index in [-0.39, 0.29) is 18.0 Å². The van der Waals surface area contributed by atoms with E-state index < -0.39 is 0 Å². The van der Waals surface area contributed by atoms with Crippen LogP contribution < -0.4 is 15.5 Å². The molecule has 112 valence electrons. The monoisotopic (exact) mass is 287 g/mol. The van der Waals surface area contributed by atoms with Crippen LogP contribution in [0.1, 0.15) is 32.6 Å². The van der Waals surface area contributed by atoms with E-state index in [9.17, 15) is 9.59 Å². The summed E-state index contributed by atoms with van der Waals surface area (Å²) < 4.78 is 0. The second kappa shape index (κ2) is 5.76. The van der Waals surface area contributed by atoms with Crippen LogP contribution in [0.3, 0.4) is 0 Å². The summed E-state index contributed by atoms with van der Waals surface area (Å²) in [6.07, 6.45) is 3.85. The summed E-state index contributed by atoms with van der Waals surface area (Å²) in [4.78, 5) is 25.7. The molecule has 2 fully saturated rings. The normalized spacial score (nSPS) is 19.5. The number of urea groups is 1. The van der Waals surface area contributed by atoms with Crippen LogP contribution in [-0.2, 0) is 4.79 Å². The number of carbonyl (C=O) groups is 2. The molecule has 1 unspecified atom stereocenters. The number of para-hydroxylation sites is 2. The van der Waals surface area contributed by atoms with Crippen molar-refractivity contribution in [3.63, 3.8) is 0 Å². The molecule has 5 heteroatoms. The van der Waals surface area contributed by atoms with Gasteiger partial charge >= 0.3 is 6.03 Å². The summed E-state index contributed by atoms with van der Waals surface area (Å²) in [5.74, 6) is 0.738. The van der Waals surface area contributed by atoms with E-state index in [1.807, 2.05) is 31.2 Å². The molecule has 0 bridgehead atoms. The van der Waals surface area contributed by atoms with Gasteiger partial charge in [-0.05, 0) is 44.2 Å². The van der Waals surface area contributed by atoms with Gasteiger partial charge in [-0.15, -0.1) is 0 Å². The zero-order valence-electron chi connectivity index (χ0n) is 12.3. The van der Waals surface area contributed by atoms with Gasteiger partial charge in [-0.25, -0.2) is 4.79 Å². The average molecular weight is 287 g/mol. The first-order valence-corrected chi connectivity index (χ1v) is 7.62. The average Bonchev–Trinajstić information content (AvgIpc) is 3.22. The van der Waals surface area contributed by atoms with Crippen LogP contribution in [-0.4, -0.2) is 24.5 Å². The van der Waals surface area contributed by atoms with E-state index >= 15 is 0 Å². The third-order valence-electron chi connectivity index (χ3n) is 4.20. The number of carbonyl (C=O) groups excluding carboxylic acids is 2. The van der Waals surface area contributed by atoms with Crippen LogP contribution in [0.4, 0.5) is 16.2 Å². The maximum atomic E-state index is 12.1. The van der Waals surface area contributed by atoms with E-state index in [1.165, 1.54) is 12.8 Å². The molecule has 21 heavy (non-hydrogen) atoms. The molecule has 2 N–H and O–H groups in total. The number of rotatable bonds is 4. The quantitative estimate of drug-likeness (QED) is 0.894. The molecule has 1 saturated carbocycles. The maximum Gasteiger partial charge on any atom is 0.319 e. The zero-order valence-corrected chi connectivity index (χ0v) is 12.3. The third kappa shape index (κ3) is 3.17. The Morgan fingerprint density at radius 2 is 2.10 bits per heavy atom. The Labute approximate surface area is 124 Å². The van der Waals surface area contributed by atoms with Gasteiger partial charge in [0.1, 0.15) is 0 Å². The van der Waals surface area contributed by atoms with E-state index in [0.717, 1.165) is 18.7 Å². The van der Waals surface area contributed by atoms with Crippen molar-refractivity contribution in [3.8, 4) is 0 Å². The molecule has 1 atom stereocenters. The highest BCUT2D eigenvalue weighted by Gasteiger charge is 2.29. The lowest BCUT2D eigenvalue weighted by atomic mass is 10.2. The van der Waals surface area contributed by atoms with E-state index in [1.54, 1.807) is 4.90 Å². The lowest BCUT2D eigenvalue weighted by molar-refractivity contribution is -0.117. The van der Waals surface area contributed by atoms with Crippen molar-refractivity contribution in [1.82, 2.24) is 5.32 Å². The van der Waals surface area contributed by atoms with Crippen molar-refractivity contribution in [2.45, 2.75) is 38.6 Å². The molecule has 1 aromatic carbocycles. The summed E-state index contributed by atoms with van der Waals surface area (Å²) in [5.41, 5.74) is 1.47. The molecule has 0 radical (unpaired) electrons. The summed E-state index contributed by atoms with van der Waals surface area (Å²) in [5, 5.41) is 5.84. The van der Waals surface area contributed by atoms with E-state index in [2.05, 4.69) is 10.6 Å².